The van der Waals surface area contributed by atoms with Gasteiger partial charge in [-0.05, 0) is 12.1 Å². The summed E-state index contributed by atoms with van der Waals surface area (Å²) in [6.45, 7) is 0. The summed E-state index contributed by atoms with van der Waals surface area (Å²) in [6, 6.07) is 5.08. The minimum Gasteiger partial charge on any atom is -0.494 e. The van der Waals surface area contributed by atoms with Crippen LogP contribution in [-0.2, 0) is 0 Å². The average molecular weight is 238 g/mol. The molecule has 0 saturated carbocycles. The number of amides is 2. The molecule has 1 aromatic carbocycles. The van der Waals surface area contributed by atoms with Gasteiger partial charge < -0.3 is 4.74 Å². The lowest BCUT2D eigenvalue weighted by Crippen LogP contribution is -2.34. The molecule has 0 aliphatic heterocycles. The third-order valence-electron chi connectivity index (χ3n) is 1.95. The first-order chi connectivity index (χ1) is 7.74. The molecule has 0 saturated heterocycles. The number of ether oxygens (including phenoxy) is 1. The van der Waals surface area contributed by atoms with E-state index in [-0.39, 0.29) is 0 Å². The van der Waals surface area contributed by atoms with Gasteiger partial charge in [0.15, 0.2) is 5.13 Å². The number of nitrogens with two attached hydrogens (primary N) is 1. The molecule has 1 aromatic heterocycles. The van der Waals surface area contributed by atoms with Crippen molar-refractivity contribution in [2.24, 2.45) is 5.84 Å². The number of rotatable bonds is 2. The van der Waals surface area contributed by atoms with Crippen molar-refractivity contribution in [3.63, 3.8) is 0 Å². The monoisotopic (exact) mass is 238 g/mol. The number of para-hydroxylation sites is 1. The van der Waals surface area contributed by atoms with E-state index >= 15 is 0 Å². The van der Waals surface area contributed by atoms with Crippen LogP contribution in [0.25, 0.3) is 10.2 Å². The van der Waals surface area contributed by atoms with Crippen molar-refractivity contribution in [2.45, 2.75) is 0 Å². The van der Waals surface area contributed by atoms with E-state index in [1.165, 1.54) is 11.3 Å². The van der Waals surface area contributed by atoms with E-state index in [0.29, 0.717) is 10.9 Å². The van der Waals surface area contributed by atoms with Crippen LogP contribution >= 0.6 is 11.3 Å². The van der Waals surface area contributed by atoms with Gasteiger partial charge in [-0.2, -0.15) is 0 Å². The number of thiazole rings is 1. The van der Waals surface area contributed by atoms with Gasteiger partial charge in [-0.1, -0.05) is 17.4 Å². The van der Waals surface area contributed by atoms with E-state index in [2.05, 4.69) is 10.3 Å². The van der Waals surface area contributed by atoms with Gasteiger partial charge in [-0.3, -0.25) is 10.7 Å². The molecule has 16 heavy (non-hydrogen) atoms. The normalized spacial score (nSPS) is 10.1. The number of hydrogen-bond donors (Lipinski definition) is 3. The third-order valence-corrected chi connectivity index (χ3v) is 2.89. The van der Waals surface area contributed by atoms with Gasteiger partial charge in [0.25, 0.3) is 0 Å². The summed E-state index contributed by atoms with van der Waals surface area (Å²) in [5.74, 6) is 5.64. The molecule has 0 atom stereocenters. The molecule has 1 heterocycles. The zero-order chi connectivity index (χ0) is 11.5. The minimum atomic E-state index is -0.502. The van der Waals surface area contributed by atoms with Crippen molar-refractivity contribution in [1.29, 1.82) is 0 Å². The van der Waals surface area contributed by atoms with E-state index in [9.17, 15) is 4.79 Å². The van der Waals surface area contributed by atoms with Crippen molar-refractivity contribution in [2.75, 3.05) is 12.4 Å². The minimum absolute atomic E-state index is 0.474. The summed E-state index contributed by atoms with van der Waals surface area (Å²) in [7, 11) is 1.58. The van der Waals surface area contributed by atoms with E-state index in [1.807, 2.05) is 23.6 Å². The third kappa shape index (κ3) is 1.90. The summed E-state index contributed by atoms with van der Waals surface area (Å²) in [6.07, 6.45) is 0. The zero-order valence-corrected chi connectivity index (χ0v) is 9.30. The molecule has 6 nitrogen and oxygen atoms in total. The number of aromatic nitrogens is 1. The van der Waals surface area contributed by atoms with Gasteiger partial charge in [0.2, 0.25) is 0 Å². The van der Waals surface area contributed by atoms with E-state index in [1.54, 1.807) is 7.11 Å². The summed E-state index contributed by atoms with van der Waals surface area (Å²) in [5, 5.41) is 2.98. The van der Waals surface area contributed by atoms with Crippen molar-refractivity contribution in [3.8, 4) is 5.75 Å². The Bertz CT molecular complexity index is 525. The predicted molar refractivity (Wildman–Crippen MR) is 62.5 cm³/mol. The van der Waals surface area contributed by atoms with Gasteiger partial charge in [-0.25, -0.2) is 15.6 Å². The average Bonchev–Trinajstić information content (AvgIpc) is 2.70. The maximum Gasteiger partial charge on any atom is 0.335 e. The molecule has 2 amide bonds. The zero-order valence-electron chi connectivity index (χ0n) is 8.48. The molecule has 84 valence electrons. The van der Waals surface area contributed by atoms with Crippen LogP contribution in [-0.4, -0.2) is 18.1 Å². The number of nitrogens with zero attached hydrogens (tertiary/aromatic N) is 1. The van der Waals surface area contributed by atoms with Gasteiger partial charge in [0.05, 0.1) is 11.8 Å². The Morgan fingerprint density at radius 1 is 1.56 bits per heavy atom. The standard InChI is InChI=1S/C9H10N4O2S/c1-15-5-3-2-4-6-7(5)11-9(16-6)12-8(14)13-10/h2-4H,10H2,1H3,(H2,11,12,13,14). The van der Waals surface area contributed by atoms with E-state index < -0.39 is 6.03 Å². The lowest BCUT2D eigenvalue weighted by molar-refractivity contribution is 0.252. The summed E-state index contributed by atoms with van der Waals surface area (Å²) >= 11 is 1.35. The molecule has 0 radical (unpaired) electrons. The molecular formula is C9H10N4O2S. The number of benzene rings is 1. The Labute approximate surface area is 95.4 Å². The second-order valence-electron chi connectivity index (χ2n) is 2.92. The fourth-order valence-electron chi connectivity index (χ4n) is 1.27. The van der Waals surface area contributed by atoms with Gasteiger partial charge >= 0.3 is 6.03 Å². The number of fused-ring (bicyclic) bond motifs is 1. The topological polar surface area (TPSA) is 89.3 Å². The number of nitrogens with one attached hydrogen (secondary N) is 2. The Hall–Kier alpha value is -1.86. The quantitative estimate of drug-likeness (QED) is 0.418. The lowest BCUT2D eigenvalue weighted by atomic mass is 10.3. The fraction of sp³-hybridized carbons (Fsp3) is 0.111. The molecule has 0 aliphatic rings. The van der Waals surface area contributed by atoms with Gasteiger partial charge in [-0.15, -0.1) is 0 Å². The summed E-state index contributed by atoms with van der Waals surface area (Å²) in [5.41, 5.74) is 2.70. The van der Waals surface area contributed by atoms with Crippen molar-refractivity contribution >= 4 is 32.7 Å². The molecule has 4 N–H and O–H groups in total. The number of urea groups is 1. The van der Waals surface area contributed by atoms with Crippen molar-refractivity contribution in [1.82, 2.24) is 10.4 Å². The molecule has 2 aromatic rings. The summed E-state index contributed by atoms with van der Waals surface area (Å²) < 4.78 is 6.10. The molecular weight excluding hydrogens is 228 g/mol. The fourth-order valence-corrected chi connectivity index (χ4v) is 2.15. The number of carbonyl (C=O) groups excluding carboxylic acids is 1. The second-order valence-corrected chi connectivity index (χ2v) is 3.96. The molecule has 0 spiro atoms. The maximum absolute atomic E-state index is 11.0. The molecule has 0 unspecified atom stereocenters. The first-order valence-electron chi connectivity index (χ1n) is 4.45. The molecule has 2 rings (SSSR count). The van der Waals surface area contributed by atoms with Gasteiger partial charge in [0.1, 0.15) is 11.3 Å². The van der Waals surface area contributed by atoms with Crippen molar-refractivity contribution in [3.05, 3.63) is 18.2 Å². The maximum atomic E-state index is 11.0. The van der Waals surface area contributed by atoms with Crippen LogP contribution < -0.4 is 21.3 Å². The lowest BCUT2D eigenvalue weighted by Gasteiger charge is -1.98. The van der Waals surface area contributed by atoms with E-state index in [4.69, 9.17) is 10.6 Å². The number of carbonyl (C=O) groups is 1. The van der Waals surface area contributed by atoms with Crippen LogP contribution in [0.1, 0.15) is 0 Å². The van der Waals surface area contributed by atoms with Crippen molar-refractivity contribution < 1.29 is 9.53 Å². The van der Waals surface area contributed by atoms with E-state index in [0.717, 1.165) is 10.2 Å². The van der Waals surface area contributed by atoms with Crippen LogP contribution in [0.5, 0.6) is 5.75 Å². The van der Waals surface area contributed by atoms with Crippen LogP contribution in [0.3, 0.4) is 0 Å². The predicted octanol–water partition coefficient (Wildman–Crippen LogP) is 1.30. The Morgan fingerprint density at radius 2 is 2.38 bits per heavy atom. The largest absolute Gasteiger partial charge is 0.494 e. The molecule has 0 fully saturated rings. The Balaban J connectivity index is 2.39. The SMILES string of the molecule is COc1cccc2sc(NC(=O)NN)nc12. The Morgan fingerprint density at radius 3 is 3.06 bits per heavy atom. The summed E-state index contributed by atoms with van der Waals surface area (Å²) in [4.78, 5) is 15.2. The number of anilines is 1. The van der Waals surface area contributed by atoms with Crippen LogP contribution in [0.4, 0.5) is 9.93 Å². The highest BCUT2D eigenvalue weighted by atomic mass is 32.1. The number of methoxy groups -OCH3 is 1. The highest BCUT2D eigenvalue weighted by Gasteiger charge is 2.09. The molecule has 0 aliphatic carbocycles. The first-order valence-corrected chi connectivity index (χ1v) is 5.27. The van der Waals surface area contributed by atoms with Crippen LogP contribution in [0.15, 0.2) is 18.2 Å². The van der Waals surface area contributed by atoms with Crippen LogP contribution in [0.2, 0.25) is 0 Å². The first kappa shape index (κ1) is 10.7. The molecule has 0 bridgehead atoms. The van der Waals surface area contributed by atoms with Crippen LogP contribution in [0, 0.1) is 0 Å². The second kappa shape index (κ2) is 4.33. The van der Waals surface area contributed by atoms with Gasteiger partial charge in [0, 0.05) is 0 Å². The Kier molecular flexibility index (Phi) is 2.88. The number of hydrazine groups is 1. The number of hydrogen-bond acceptors (Lipinski definition) is 5. The highest BCUT2D eigenvalue weighted by molar-refractivity contribution is 7.22. The smallest absolute Gasteiger partial charge is 0.335 e. The molecule has 7 heteroatoms. The highest BCUT2D eigenvalue weighted by Crippen LogP contribution is 2.31.